The van der Waals surface area contributed by atoms with Crippen molar-refractivity contribution >= 4 is 11.9 Å². The van der Waals surface area contributed by atoms with Crippen molar-refractivity contribution in [3.05, 3.63) is 77.6 Å². The Morgan fingerprint density at radius 3 is 2.60 bits per heavy atom. The molecule has 6 heteroatoms. The molecule has 0 aliphatic carbocycles. The van der Waals surface area contributed by atoms with Crippen LogP contribution in [-0.4, -0.2) is 40.4 Å². The van der Waals surface area contributed by atoms with Gasteiger partial charge in [-0.25, -0.2) is 9.97 Å². The number of nitrogen functional groups attached to an aromatic ring is 1. The van der Waals surface area contributed by atoms with Gasteiger partial charge in [0.25, 0.3) is 0 Å². The van der Waals surface area contributed by atoms with Gasteiger partial charge < -0.3 is 16.4 Å². The van der Waals surface area contributed by atoms with E-state index in [1.165, 1.54) is 5.56 Å². The Labute approximate surface area is 176 Å². The minimum Gasteiger partial charge on any atom is -0.368 e. The lowest BCUT2D eigenvalue weighted by molar-refractivity contribution is 0.100. The van der Waals surface area contributed by atoms with Gasteiger partial charge in [0.05, 0.1) is 5.69 Å². The van der Waals surface area contributed by atoms with Crippen LogP contribution in [0.3, 0.4) is 0 Å². The summed E-state index contributed by atoms with van der Waals surface area (Å²) >= 11 is 0. The van der Waals surface area contributed by atoms with Gasteiger partial charge in [-0.2, -0.15) is 0 Å². The molecule has 0 unspecified atom stereocenters. The van der Waals surface area contributed by atoms with E-state index in [-0.39, 0.29) is 0 Å². The zero-order chi connectivity index (χ0) is 20.9. The predicted molar refractivity (Wildman–Crippen MR) is 119 cm³/mol. The third-order valence-corrected chi connectivity index (χ3v) is 5.77. The molecule has 4 rings (SSSR count). The molecule has 154 valence electrons. The minimum atomic E-state index is -0.434. The van der Waals surface area contributed by atoms with Crippen molar-refractivity contribution in [2.24, 2.45) is 5.73 Å². The number of hydrogen-bond acceptors (Lipinski definition) is 5. The first kappa shape index (κ1) is 20.0. The SMILES string of the molecule is NC(=O)c1ccc(-c2cnc(N)nc2[C@@H]2CCCN(CCc3ccccc3)C2)cc1. The van der Waals surface area contributed by atoms with E-state index in [0.717, 1.165) is 55.7 Å². The summed E-state index contributed by atoms with van der Waals surface area (Å²) in [5.41, 5.74) is 16.1. The summed E-state index contributed by atoms with van der Waals surface area (Å²) in [5.74, 6) is 0.159. The molecule has 1 aliphatic rings. The first-order valence-electron chi connectivity index (χ1n) is 10.4. The van der Waals surface area contributed by atoms with E-state index in [4.69, 9.17) is 11.5 Å². The lowest BCUT2D eigenvalue weighted by Gasteiger charge is -2.33. The van der Waals surface area contributed by atoms with Crippen molar-refractivity contribution in [1.29, 1.82) is 0 Å². The second-order valence-electron chi connectivity index (χ2n) is 7.84. The number of benzene rings is 2. The Bertz CT molecular complexity index is 1000. The number of carbonyl (C=O) groups excluding carboxylic acids is 1. The molecular weight excluding hydrogens is 374 g/mol. The Morgan fingerprint density at radius 2 is 1.87 bits per heavy atom. The molecule has 3 aromatic rings. The van der Waals surface area contributed by atoms with E-state index in [9.17, 15) is 4.79 Å². The number of aromatic nitrogens is 2. The van der Waals surface area contributed by atoms with Crippen LogP contribution < -0.4 is 11.5 Å². The van der Waals surface area contributed by atoms with Crippen LogP contribution in [0.1, 0.15) is 40.4 Å². The zero-order valence-electron chi connectivity index (χ0n) is 17.0. The van der Waals surface area contributed by atoms with Crippen LogP contribution >= 0.6 is 0 Å². The number of carbonyl (C=O) groups is 1. The van der Waals surface area contributed by atoms with E-state index in [1.54, 1.807) is 18.3 Å². The molecular formula is C24H27N5O. The van der Waals surface area contributed by atoms with Crippen LogP contribution in [0.15, 0.2) is 60.8 Å². The topological polar surface area (TPSA) is 98.1 Å². The van der Waals surface area contributed by atoms with Crippen molar-refractivity contribution in [1.82, 2.24) is 14.9 Å². The van der Waals surface area contributed by atoms with Crippen molar-refractivity contribution in [2.45, 2.75) is 25.2 Å². The van der Waals surface area contributed by atoms with Crippen molar-refractivity contribution in [3.63, 3.8) is 0 Å². The number of nitrogens with zero attached hydrogens (tertiary/aromatic N) is 3. The highest BCUT2D eigenvalue weighted by Gasteiger charge is 2.25. The summed E-state index contributed by atoms with van der Waals surface area (Å²) < 4.78 is 0. The smallest absolute Gasteiger partial charge is 0.248 e. The standard InChI is InChI=1S/C24H27N5O/c25-23(30)19-10-8-18(9-11-19)21-15-27-24(26)28-22(21)20-7-4-13-29(16-20)14-12-17-5-2-1-3-6-17/h1-3,5-6,8-11,15,20H,4,7,12-14,16H2,(H2,25,30)(H2,26,27,28)/t20-/m1/s1. The van der Waals surface area contributed by atoms with E-state index in [2.05, 4.69) is 45.2 Å². The van der Waals surface area contributed by atoms with E-state index in [0.29, 0.717) is 17.4 Å². The molecule has 0 radical (unpaired) electrons. The van der Waals surface area contributed by atoms with Crippen LogP contribution in [0.2, 0.25) is 0 Å². The van der Waals surface area contributed by atoms with Gasteiger partial charge in [-0.15, -0.1) is 0 Å². The van der Waals surface area contributed by atoms with Gasteiger partial charge in [-0.05, 0) is 49.1 Å². The fraction of sp³-hybridized carbons (Fsp3) is 0.292. The summed E-state index contributed by atoms with van der Waals surface area (Å²) in [7, 11) is 0. The number of likely N-dealkylation sites (tertiary alicyclic amines) is 1. The number of rotatable bonds is 6. The Balaban J connectivity index is 1.53. The van der Waals surface area contributed by atoms with Crippen LogP contribution in [0, 0.1) is 0 Å². The Morgan fingerprint density at radius 1 is 1.10 bits per heavy atom. The fourth-order valence-corrected chi connectivity index (χ4v) is 4.17. The third kappa shape index (κ3) is 4.66. The van der Waals surface area contributed by atoms with Crippen LogP contribution in [0.4, 0.5) is 5.95 Å². The highest BCUT2D eigenvalue weighted by atomic mass is 16.1. The third-order valence-electron chi connectivity index (χ3n) is 5.77. The number of hydrogen-bond donors (Lipinski definition) is 2. The quantitative estimate of drug-likeness (QED) is 0.661. The molecule has 2 aromatic carbocycles. The first-order valence-corrected chi connectivity index (χ1v) is 10.4. The summed E-state index contributed by atoms with van der Waals surface area (Å²) in [6.07, 6.45) is 5.04. The molecule has 0 spiro atoms. The molecule has 1 amide bonds. The van der Waals surface area contributed by atoms with Gasteiger partial charge in [-0.1, -0.05) is 42.5 Å². The van der Waals surface area contributed by atoms with Crippen molar-refractivity contribution in [3.8, 4) is 11.1 Å². The van der Waals surface area contributed by atoms with Gasteiger partial charge in [0, 0.05) is 36.3 Å². The fourth-order valence-electron chi connectivity index (χ4n) is 4.17. The molecule has 1 atom stereocenters. The van der Waals surface area contributed by atoms with Gasteiger partial charge >= 0.3 is 0 Å². The molecule has 1 aliphatic heterocycles. The van der Waals surface area contributed by atoms with Crippen LogP contribution in [-0.2, 0) is 6.42 Å². The van der Waals surface area contributed by atoms with Crippen molar-refractivity contribution in [2.75, 3.05) is 25.4 Å². The van der Waals surface area contributed by atoms with Crippen molar-refractivity contribution < 1.29 is 4.79 Å². The largest absolute Gasteiger partial charge is 0.368 e. The summed E-state index contributed by atoms with van der Waals surface area (Å²) in [5, 5.41) is 0. The second-order valence-corrected chi connectivity index (χ2v) is 7.84. The lowest BCUT2D eigenvalue weighted by atomic mass is 9.89. The Kier molecular flexibility index (Phi) is 6.05. The molecule has 2 heterocycles. The molecule has 6 nitrogen and oxygen atoms in total. The number of amides is 1. The summed E-state index contributed by atoms with van der Waals surface area (Å²) in [6.45, 7) is 3.09. The van der Waals surface area contributed by atoms with Gasteiger partial charge in [0.2, 0.25) is 11.9 Å². The Hall–Kier alpha value is -3.25. The van der Waals surface area contributed by atoms with Gasteiger partial charge in [0.1, 0.15) is 0 Å². The zero-order valence-corrected chi connectivity index (χ0v) is 17.0. The van der Waals surface area contributed by atoms with E-state index >= 15 is 0 Å². The number of primary amides is 1. The van der Waals surface area contributed by atoms with Gasteiger partial charge in [-0.3, -0.25) is 4.79 Å². The maximum atomic E-state index is 11.4. The van der Waals surface area contributed by atoms with Crippen LogP contribution in [0.25, 0.3) is 11.1 Å². The second kappa shape index (κ2) is 9.05. The maximum absolute atomic E-state index is 11.4. The molecule has 0 saturated carbocycles. The molecule has 30 heavy (non-hydrogen) atoms. The molecule has 4 N–H and O–H groups in total. The molecule has 1 fully saturated rings. The highest BCUT2D eigenvalue weighted by molar-refractivity contribution is 5.93. The predicted octanol–water partition coefficient (Wildman–Crippen LogP) is 3.25. The molecule has 0 bridgehead atoms. The monoisotopic (exact) mass is 401 g/mol. The average molecular weight is 402 g/mol. The maximum Gasteiger partial charge on any atom is 0.248 e. The number of nitrogens with two attached hydrogens (primary N) is 2. The molecule has 1 saturated heterocycles. The minimum absolute atomic E-state index is 0.295. The van der Waals surface area contributed by atoms with Gasteiger partial charge in [0.15, 0.2) is 0 Å². The average Bonchev–Trinajstić information content (AvgIpc) is 2.78. The molecule has 1 aromatic heterocycles. The van der Waals surface area contributed by atoms with Crippen LogP contribution in [0.5, 0.6) is 0 Å². The van der Waals surface area contributed by atoms with E-state index < -0.39 is 5.91 Å². The first-order chi connectivity index (χ1) is 14.6. The summed E-state index contributed by atoms with van der Waals surface area (Å²) in [4.78, 5) is 22.8. The summed E-state index contributed by atoms with van der Waals surface area (Å²) in [6, 6.07) is 17.9. The normalized spacial score (nSPS) is 17.0. The lowest BCUT2D eigenvalue weighted by Crippen LogP contribution is -2.36. The van der Waals surface area contributed by atoms with E-state index in [1.807, 2.05) is 12.1 Å². The highest BCUT2D eigenvalue weighted by Crippen LogP contribution is 2.33. The number of anilines is 1. The number of piperidine rings is 1.